The number of Topliss-reactive ketones (excluding diaryl/α,β-unsaturated/α-hetero) is 1. The topological polar surface area (TPSA) is 128 Å². The van der Waals surface area contributed by atoms with Crippen molar-refractivity contribution in [3.05, 3.63) is 0 Å². The zero-order valence-corrected chi connectivity index (χ0v) is 26.9. The maximum atomic E-state index is 10.8. The number of ketones is 1. The highest BCUT2D eigenvalue weighted by Crippen LogP contribution is 1.89. The van der Waals surface area contributed by atoms with E-state index in [1.54, 1.807) is 6.92 Å². The average Bonchev–Trinajstić information content (AvgIpc) is 3.00. The number of unbranched alkanes of at least 4 members (excludes halogenated alkanes) is 1. The third kappa shape index (κ3) is 41.2. The SMILES string of the molecule is CCCCOCCOCCOCCOCCOCCOCCOCCOCCOCCOCCOCCOCCC(C)=O. The highest BCUT2D eigenvalue weighted by Gasteiger charge is 1.97. The quantitative estimate of drug-likeness (QED) is 0.0922. The first-order valence-corrected chi connectivity index (χ1v) is 15.7. The molecule has 13 heteroatoms. The molecule has 0 aromatic carbocycles. The Hall–Kier alpha value is -0.810. The van der Waals surface area contributed by atoms with E-state index in [9.17, 15) is 4.79 Å². The standard InChI is InChI=1S/C30H60O13/c1-3-4-6-32-8-10-34-12-14-36-16-18-38-20-22-40-24-26-42-28-29-43-27-25-41-23-21-39-19-17-37-15-13-35-11-9-33-7-5-30(2)31/h3-29H2,1-2H3. The predicted octanol–water partition coefficient (Wildman–Crippen LogP) is 1.96. The van der Waals surface area contributed by atoms with E-state index in [2.05, 4.69) is 6.92 Å². The molecule has 0 unspecified atom stereocenters. The molecule has 258 valence electrons. The van der Waals surface area contributed by atoms with Crippen molar-refractivity contribution in [2.24, 2.45) is 0 Å². The molecule has 0 heterocycles. The minimum atomic E-state index is 0.127. The summed E-state index contributed by atoms with van der Waals surface area (Å²) in [5, 5.41) is 0. The van der Waals surface area contributed by atoms with E-state index in [-0.39, 0.29) is 5.78 Å². The second kappa shape index (κ2) is 39.2. The molecule has 0 aromatic heterocycles. The lowest BCUT2D eigenvalue weighted by atomic mass is 10.3. The zero-order chi connectivity index (χ0) is 31.2. The van der Waals surface area contributed by atoms with E-state index in [0.29, 0.717) is 158 Å². The van der Waals surface area contributed by atoms with Gasteiger partial charge in [0.25, 0.3) is 0 Å². The smallest absolute Gasteiger partial charge is 0.132 e. The highest BCUT2D eigenvalue weighted by molar-refractivity contribution is 5.75. The van der Waals surface area contributed by atoms with Crippen LogP contribution in [-0.4, -0.2) is 164 Å². The van der Waals surface area contributed by atoms with Crippen LogP contribution in [-0.2, 0) is 61.6 Å². The summed E-state index contributed by atoms with van der Waals surface area (Å²) in [4.78, 5) is 10.8. The molecule has 0 aromatic rings. The van der Waals surface area contributed by atoms with Gasteiger partial charge in [0, 0.05) is 13.0 Å². The van der Waals surface area contributed by atoms with Crippen LogP contribution >= 0.6 is 0 Å². The van der Waals surface area contributed by atoms with Gasteiger partial charge in [0.05, 0.1) is 152 Å². The second-order valence-corrected chi connectivity index (χ2v) is 9.15. The summed E-state index contributed by atoms with van der Waals surface area (Å²) in [6, 6.07) is 0. The van der Waals surface area contributed by atoms with Crippen LogP contribution in [0.2, 0.25) is 0 Å². The molecular formula is C30H60O13. The van der Waals surface area contributed by atoms with Gasteiger partial charge in [-0.2, -0.15) is 0 Å². The fraction of sp³-hybridized carbons (Fsp3) is 0.967. The first kappa shape index (κ1) is 42.2. The maximum Gasteiger partial charge on any atom is 0.132 e. The van der Waals surface area contributed by atoms with E-state index in [4.69, 9.17) is 56.8 Å². The molecule has 0 saturated heterocycles. The lowest BCUT2D eigenvalue weighted by Crippen LogP contribution is -2.15. The van der Waals surface area contributed by atoms with Crippen molar-refractivity contribution in [3.8, 4) is 0 Å². The number of rotatable bonds is 39. The number of carbonyl (C=O) groups is 1. The Morgan fingerprint density at radius 1 is 0.326 bits per heavy atom. The van der Waals surface area contributed by atoms with Crippen LogP contribution in [0.5, 0.6) is 0 Å². The fourth-order valence-electron chi connectivity index (χ4n) is 2.98. The van der Waals surface area contributed by atoms with Crippen molar-refractivity contribution in [1.29, 1.82) is 0 Å². The van der Waals surface area contributed by atoms with Crippen LogP contribution in [0.25, 0.3) is 0 Å². The molecule has 43 heavy (non-hydrogen) atoms. The van der Waals surface area contributed by atoms with Gasteiger partial charge >= 0.3 is 0 Å². The molecule has 0 saturated carbocycles. The molecule has 0 rings (SSSR count). The van der Waals surface area contributed by atoms with Gasteiger partial charge < -0.3 is 56.8 Å². The molecular weight excluding hydrogens is 568 g/mol. The Bertz CT molecular complexity index is 528. The van der Waals surface area contributed by atoms with Gasteiger partial charge in [-0.25, -0.2) is 0 Å². The third-order valence-corrected chi connectivity index (χ3v) is 5.33. The van der Waals surface area contributed by atoms with Crippen molar-refractivity contribution in [2.75, 3.05) is 159 Å². The second-order valence-electron chi connectivity index (χ2n) is 9.15. The van der Waals surface area contributed by atoms with E-state index in [1.165, 1.54) is 0 Å². The van der Waals surface area contributed by atoms with Crippen molar-refractivity contribution in [2.45, 2.75) is 33.1 Å². The fourth-order valence-corrected chi connectivity index (χ4v) is 2.98. The van der Waals surface area contributed by atoms with Crippen LogP contribution in [0.1, 0.15) is 33.1 Å². The van der Waals surface area contributed by atoms with Gasteiger partial charge in [0.15, 0.2) is 0 Å². The zero-order valence-electron chi connectivity index (χ0n) is 26.9. The molecule has 0 aliphatic heterocycles. The van der Waals surface area contributed by atoms with E-state index in [0.717, 1.165) is 19.4 Å². The van der Waals surface area contributed by atoms with Gasteiger partial charge in [-0.05, 0) is 13.3 Å². The summed E-state index contributed by atoms with van der Waals surface area (Å²) < 4.78 is 65.1. The summed E-state index contributed by atoms with van der Waals surface area (Å²) in [7, 11) is 0. The average molecular weight is 629 g/mol. The van der Waals surface area contributed by atoms with Crippen molar-refractivity contribution in [1.82, 2.24) is 0 Å². The molecule has 0 spiro atoms. The van der Waals surface area contributed by atoms with Crippen LogP contribution < -0.4 is 0 Å². The normalized spacial score (nSPS) is 11.5. The summed E-state index contributed by atoms with van der Waals surface area (Å²) in [6.07, 6.45) is 2.68. The molecule has 0 fully saturated rings. The Morgan fingerprint density at radius 2 is 0.512 bits per heavy atom. The van der Waals surface area contributed by atoms with Gasteiger partial charge in [0.2, 0.25) is 0 Å². The van der Waals surface area contributed by atoms with Crippen molar-refractivity contribution < 1.29 is 61.6 Å². The molecule has 0 aliphatic rings. The Kier molecular flexibility index (Phi) is 38.5. The number of ether oxygens (including phenoxy) is 12. The molecule has 0 amide bonds. The van der Waals surface area contributed by atoms with Crippen molar-refractivity contribution >= 4 is 5.78 Å². The Labute approximate surface area is 259 Å². The summed E-state index contributed by atoms with van der Waals surface area (Å²) >= 11 is 0. The number of hydrogen-bond acceptors (Lipinski definition) is 13. The van der Waals surface area contributed by atoms with E-state index >= 15 is 0 Å². The van der Waals surface area contributed by atoms with Crippen LogP contribution in [0.15, 0.2) is 0 Å². The minimum Gasteiger partial charge on any atom is -0.379 e. The van der Waals surface area contributed by atoms with E-state index in [1.807, 2.05) is 0 Å². The van der Waals surface area contributed by atoms with Crippen molar-refractivity contribution in [3.63, 3.8) is 0 Å². The van der Waals surface area contributed by atoms with Crippen LogP contribution in [0.4, 0.5) is 0 Å². The lowest BCUT2D eigenvalue weighted by Gasteiger charge is -2.09. The lowest BCUT2D eigenvalue weighted by molar-refractivity contribution is -0.118. The first-order chi connectivity index (χ1) is 21.3. The summed E-state index contributed by atoms with van der Waals surface area (Å²) in [5.41, 5.74) is 0. The maximum absolute atomic E-state index is 10.8. The Balaban J connectivity index is 3.03. The van der Waals surface area contributed by atoms with E-state index < -0.39 is 0 Å². The molecule has 0 aliphatic carbocycles. The molecule has 0 atom stereocenters. The Morgan fingerprint density at radius 3 is 0.698 bits per heavy atom. The number of hydrogen-bond donors (Lipinski definition) is 0. The summed E-state index contributed by atoms with van der Waals surface area (Å²) in [5.74, 6) is 0.127. The van der Waals surface area contributed by atoms with Crippen LogP contribution in [0, 0.1) is 0 Å². The number of carbonyl (C=O) groups excluding carboxylic acids is 1. The summed E-state index contributed by atoms with van der Waals surface area (Å²) in [6.45, 7) is 16.4. The predicted molar refractivity (Wildman–Crippen MR) is 160 cm³/mol. The van der Waals surface area contributed by atoms with Gasteiger partial charge in [-0.1, -0.05) is 13.3 Å². The van der Waals surface area contributed by atoms with Gasteiger partial charge in [-0.3, -0.25) is 4.79 Å². The van der Waals surface area contributed by atoms with Crippen LogP contribution in [0.3, 0.4) is 0 Å². The molecule has 0 bridgehead atoms. The molecule has 0 N–H and O–H groups in total. The monoisotopic (exact) mass is 628 g/mol. The van der Waals surface area contributed by atoms with Gasteiger partial charge in [0.1, 0.15) is 5.78 Å². The minimum absolute atomic E-state index is 0.127. The molecule has 13 nitrogen and oxygen atoms in total. The third-order valence-electron chi connectivity index (χ3n) is 5.33. The van der Waals surface area contributed by atoms with Gasteiger partial charge in [-0.15, -0.1) is 0 Å². The highest BCUT2D eigenvalue weighted by atomic mass is 16.6. The first-order valence-electron chi connectivity index (χ1n) is 15.7. The largest absolute Gasteiger partial charge is 0.379 e. The molecule has 0 radical (unpaired) electrons.